The van der Waals surface area contributed by atoms with Gasteiger partial charge in [0.25, 0.3) is 5.91 Å². The third kappa shape index (κ3) is 6.28. The number of nitrogens with one attached hydrogen (secondary N) is 2. The summed E-state index contributed by atoms with van der Waals surface area (Å²) >= 11 is 1.30. The minimum atomic E-state index is -0.675. The fraction of sp³-hybridized carbons (Fsp3) is 0.480. The van der Waals surface area contributed by atoms with Crippen LogP contribution in [0.1, 0.15) is 40.9 Å². The molecule has 1 aromatic carbocycles. The Hall–Kier alpha value is -2.86. The first kappa shape index (κ1) is 26.2. The molecule has 1 fully saturated rings. The van der Waals surface area contributed by atoms with Crippen molar-refractivity contribution in [3.05, 3.63) is 40.8 Å². The smallest absolute Gasteiger partial charge is 0.261 e. The Morgan fingerprint density at radius 2 is 1.97 bits per heavy atom. The number of fused-ring (bicyclic) bond motifs is 1. The molecule has 0 aliphatic heterocycles. The number of aliphatic hydroxyl groups is 2. The molecule has 0 saturated heterocycles. The second-order valence-corrected chi connectivity index (χ2v) is 10.4. The molecular formula is C25H32FN5O4S. The molecule has 0 bridgehead atoms. The Balaban J connectivity index is 1.57. The lowest BCUT2D eigenvalue weighted by Crippen LogP contribution is -2.36. The van der Waals surface area contributed by atoms with E-state index >= 15 is 0 Å². The summed E-state index contributed by atoms with van der Waals surface area (Å²) in [7, 11) is 3.98. The maximum Gasteiger partial charge on any atom is 0.261 e. The van der Waals surface area contributed by atoms with E-state index in [0.717, 1.165) is 18.5 Å². The number of nitrogens with zero attached hydrogens (tertiary/aromatic N) is 3. The van der Waals surface area contributed by atoms with E-state index < -0.39 is 24.1 Å². The molecule has 194 valence electrons. The molecule has 4 N–H and O–H groups in total. The number of amides is 1. The van der Waals surface area contributed by atoms with Crippen LogP contribution in [0.15, 0.2) is 24.5 Å². The molecule has 9 nitrogen and oxygen atoms in total. The van der Waals surface area contributed by atoms with E-state index in [1.165, 1.54) is 29.8 Å². The molecule has 1 saturated carbocycles. The Morgan fingerprint density at radius 3 is 2.69 bits per heavy atom. The van der Waals surface area contributed by atoms with Crippen LogP contribution in [0.3, 0.4) is 0 Å². The van der Waals surface area contributed by atoms with E-state index in [9.17, 15) is 19.4 Å². The van der Waals surface area contributed by atoms with Crippen LogP contribution >= 0.6 is 11.3 Å². The van der Waals surface area contributed by atoms with Gasteiger partial charge in [-0.1, -0.05) is 0 Å². The number of benzene rings is 1. The standard InChI is InChI=1S/C25H32FN5O4S/c1-14-21-23(28-13-29-25(21)36-22(14)24(34)27-7-4-8-31(2)3)30-19-6-5-15(26)9-20(19)35-18-11-16(32)10-17(33)12-18/h5-6,9,13,16-18,32-33H,4,7-8,10-12H2,1-3H3,(H,27,34)(H,28,29,30)/t16-,17+,18?. The van der Waals surface area contributed by atoms with E-state index in [2.05, 4.69) is 25.5 Å². The van der Waals surface area contributed by atoms with Gasteiger partial charge in [-0.05, 0) is 58.1 Å². The SMILES string of the molecule is Cc1c(C(=O)NCCCN(C)C)sc2ncnc(Nc3ccc(F)cc3OC3C[C@@H](O)C[C@@H](O)C3)c12. The summed E-state index contributed by atoms with van der Waals surface area (Å²) in [5, 5.41) is 26.9. The molecule has 1 aliphatic rings. The van der Waals surface area contributed by atoms with Gasteiger partial charge in [-0.25, -0.2) is 14.4 Å². The van der Waals surface area contributed by atoms with E-state index in [0.29, 0.717) is 52.4 Å². The summed E-state index contributed by atoms with van der Waals surface area (Å²) in [6, 6.07) is 4.13. The average Bonchev–Trinajstić information content (AvgIpc) is 3.15. The van der Waals surface area contributed by atoms with E-state index in [4.69, 9.17) is 4.74 Å². The Bertz CT molecular complexity index is 1210. The molecule has 0 spiro atoms. The molecule has 2 heterocycles. The number of carbonyl (C=O) groups is 1. The van der Waals surface area contributed by atoms with Crippen LogP contribution in [0.25, 0.3) is 10.2 Å². The van der Waals surface area contributed by atoms with Crippen LogP contribution in [0.5, 0.6) is 5.75 Å². The number of hydrogen-bond acceptors (Lipinski definition) is 9. The molecule has 36 heavy (non-hydrogen) atoms. The van der Waals surface area contributed by atoms with Crippen LogP contribution in [0.4, 0.5) is 15.9 Å². The molecule has 1 amide bonds. The molecule has 3 atom stereocenters. The van der Waals surface area contributed by atoms with Crippen molar-refractivity contribution >= 4 is 39.0 Å². The number of hydrogen-bond donors (Lipinski definition) is 4. The average molecular weight is 518 g/mol. The van der Waals surface area contributed by atoms with Gasteiger partial charge in [0, 0.05) is 25.5 Å². The third-order valence-electron chi connectivity index (χ3n) is 6.11. The highest BCUT2D eigenvalue weighted by Crippen LogP contribution is 2.37. The van der Waals surface area contributed by atoms with Crippen molar-refractivity contribution in [2.45, 2.75) is 50.9 Å². The zero-order chi connectivity index (χ0) is 25.8. The highest BCUT2D eigenvalue weighted by Gasteiger charge is 2.28. The van der Waals surface area contributed by atoms with E-state index in [1.807, 2.05) is 21.0 Å². The van der Waals surface area contributed by atoms with Crippen LogP contribution < -0.4 is 15.4 Å². The van der Waals surface area contributed by atoms with Crippen LogP contribution in [0.2, 0.25) is 0 Å². The van der Waals surface area contributed by atoms with Crippen LogP contribution in [0, 0.1) is 12.7 Å². The molecule has 3 aromatic rings. The van der Waals surface area contributed by atoms with Gasteiger partial charge in [-0.15, -0.1) is 11.3 Å². The Kier molecular flexibility index (Phi) is 8.35. The fourth-order valence-corrected chi connectivity index (χ4v) is 5.44. The van der Waals surface area contributed by atoms with Gasteiger partial charge in [-0.3, -0.25) is 4.79 Å². The molecule has 0 radical (unpaired) electrons. The normalized spacial score (nSPS) is 20.0. The zero-order valence-electron chi connectivity index (χ0n) is 20.6. The van der Waals surface area contributed by atoms with Crippen LogP contribution in [-0.2, 0) is 0 Å². The summed E-state index contributed by atoms with van der Waals surface area (Å²) in [6.07, 6.45) is 1.45. The van der Waals surface area contributed by atoms with Crippen LogP contribution in [-0.4, -0.2) is 76.5 Å². The molecule has 2 aromatic heterocycles. The number of anilines is 2. The summed E-state index contributed by atoms with van der Waals surface area (Å²) in [5.41, 5.74) is 1.23. The van der Waals surface area contributed by atoms with Crippen molar-refractivity contribution in [2.75, 3.05) is 32.5 Å². The molecule has 1 aliphatic carbocycles. The number of aromatic nitrogens is 2. The first-order valence-corrected chi connectivity index (χ1v) is 12.8. The summed E-state index contributed by atoms with van der Waals surface area (Å²) in [6.45, 7) is 3.31. The van der Waals surface area contributed by atoms with Crippen molar-refractivity contribution in [3.63, 3.8) is 0 Å². The predicted octanol–water partition coefficient (Wildman–Crippen LogP) is 3.22. The lowest BCUT2D eigenvalue weighted by Gasteiger charge is -2.30. The molecular weight excluding hydrogens is 485 g/mol. The maximum absolute atomic E-state index is 14.1. The maximum atomic E-state index is 14.1. The minimum Gasteiger partial charge on any atom is -0.488 e. The van der Waals surface area contributed by atoms with Gasteiger partial charge in [-0.2, -0.15) is 0 Å². The zero-order valence-corrected chi connectivity index (χ0v) is 21.4. The second-order valence-electron chi connectivity index (χ2n) is 9.39. The van der Waals surface area contributed by atoms with Gasteiger partial charge in [0.05, 0.1) is 28.2 Å². The number of halogens is 1. The summed E-state index contributed by atoms with van der Waals surface area (Å²) in [4.78, 5) is 24.9. The van der Waals surface area contributed by atoms with Crippen molar-refractivity contribution in [2.24, 2.45) is 0 Å². The van der Waals surface area contributed by atoms with Crippen molar-refractivity contribution in [1.82, 2.24) is 20.2 Å². The quantitative estimate of drug-likeness (QED) is 0.320. The van der Waals surface area contributed by atoms with E-state index in [-0.39, 0.29) is 11.7 Å². The van der Waals surface area contributed by atoms with Gasteiger partial charge >= 0.3 is 0 Å². The molecule has 1 unspecified atom stereocenters. The second kappa shape index (κ2) is 11.5. The van der Waals surface area contributed by atoms with Gasteiger partial charge < -0.3 is 30.5 Å². The topological polar surface area (TPSA) is 120 Å². The van der Waals surface area contributed by atoms with Crippen molar-refractivity contribution in [1.29, 1.82) is 0 Å². The highest BCUT2D eigenvalue weighted by molar-refractivity contribution is 7.20. The number of rotatable bonds is 9. The predicted molar refractivity (Wildman–Crippen MR) is 138 cm³/mol. The number of ether oxygens (including phenoxy) is 1. The summed E-state index contributed by atoms with van der Waals surface area (Å²) in [5.74, 6) is 0.0982. The third-order valence-corrected chi connectivity index (χ3v) is 7.30. The highest BCUT2D eigenvalue weighted by atomic mass is 32.1. The molecule has 11 heteroatoms. The lowest BCUT2D eigenvalue weighted by atomic mass is 9.92. The number of aliphatic hydroxyl groups excluding tert-OH is 2. The molecule has 4 rings (SSSR count). The van der Waals surface area contributed by atoms with Gasteiger partial charge in [0.15, 0.2) is 0 Å². The van der Waals surface area contributed by atoms with Gasteiger partial charge in [0.1, 0.15) is 34.6 Å². The number of carbonyl (C=O) groups excluding carboxylic acids is 1. The Labute approximate surface area is 213 Å². The van der Waals surface area contributed by atoms with Crippen molar-refractivity contribution in [3.8, 4) is 5.75 Å². The first-order valence-electron chi connectivity index (χ1n) is 12.0. The largest absolute Gasteiger partial charge is 0.488 e. The first-order chi connectivity index (χ1) is 17.2. The van der Waals surface area contributed by atoms with E-state index in [1.54, 1.807) is 6.07 Å². The minimum absolute atomic E-state index is 0.152. The summed E-state index contributed by atoms with van der Waals surface area (Å²) < 4.78 is 20.1. The lowest BCUT2D eigenvalue weighted by molar-refractivity contribution is -0.0153. The monoisotopic (exact) mass is 517 g/mol. The van der Waals surface area contributed by atoms with Crippen molar-refractivity contribution < 1.29 is 24.1 Å². The van der Waals surface area contributed by atoms with Gasteiger partial charge in [0.2, 0.25) is 0 Å². The number of thiophene rings is 1. The fourth-order valence-electron chi connectivity index (χ4n) is 4.37. The number of aryl methyl sites for hydroxylation is 1. The Morgan fingerprint density at radius 1 is 1.22 bits per heavy atom.